The first kappa shape index (κ1) is 12.7. The van der Waals surface area contributed by atoms with Gasteiger partial charge >= 0.3 is 0 Å². The maximum atomic E-state index is 10.7. The molecule has 1 aromatic rings. The van der Waals surface area contributed by atoms with Gasteiger partial charge < -0.3 is 9.47 Å². The summed E-state index contributed by atoms with van der Waals surface area (Å²) in [4.78, 5) is 14.8. The lowest BCUT2D eigenvalue weighted by atomic mass is 9.72. The average molecular weight is 324 g/mol. The molecule has 0 radical (unpaired) electrons. The van der Waals surface area contributed by atoms with E-state index in [1.54, 1.807) is 6.08 Å². The molecule has 0 N–H and O–H groups in total. The molecule has 1 saturated carbocycles. The second kappa shape index (κ2) is 4.99. The molecule has 19 heavy (non-hydrogen) atoms. The minimum atomic E-state index is -0.458. The molecule has 0 aromatic heterocycles. The molecule has 0 spiro atoms. The molecule has 1 aliphatic heterocycles. The van der Waals surface area contributed by atoms with Crippen LogP contribution in [0, 0.1) is 0 Å². The first-order valence-electron chi connectivity index (χ1n) is 6.44. The summed E-state index contributed by atoms with van der Waals surface area (Å²) in [5, 5.41) is 0. The van der Waals surface area contributed by atoms with E-state index in [1.165, 1.54) is 0 Å². The number of aliphatic imine (C=N–C) groups is 1. The van der Waals surface area contributed by atoms with Crippen LogP contribution >= 0.6 is 15.9 Å². The van der Waals surface area contributed by atoms with Crippen molar-refractivity contribution in [2.24, 2.45) is 4.99 Å². The lowest BCUT2D eigenvalue weighted by Gasteiger charge is -2.38. The smallest absolute Gasteiger partial charge is 0.235 e. The second-order valence-corrected chi connectivity index (χ2v) is 5.75. The van der Waals surface area contributed by atoms with Crippen molar-refractivity contribution < 1.29 is 14.3 Å². The van der Waals surface area contributed by atoms with Crippen molar-refractivity contribution in [3.63, 3.8) is 0 Å². The van der Waals surface area contributed by atoms with Gasteiger partial charge in [0.15, 0.2) is 11.5 Å². The molecule has 0 amide bonds. The number of carbonyl (C=O) groups excluding carboxylic acids is 1. The third-order valence-electron chi connectivity index (χ3n) is 3.79. The molecule has 0 atom stereocenters. The van der Waals surface area contributed by atoms with E-state index in [2.05, 4.69) is 20.9 Å². The Bertz CT molecular complexity index is 548. The predicted octanol–water partition coefficient (Wildman–Crippen LogP) is 3.33. The zero-order valence-corrected chi connectivity index (χ0v) is 12.0. The topological polar surface area (TPSA) is 47.9 Å². The predicted molar refractivity (Wildman–Crippen MR) is 73.4 cm³/mol. The van der Waals surface area contributed by atoms with E-state index in [0.717, 1.165) is 47.2 Å². The van der Waals surface area contributed by atoms with Crippen molar-refractivity contribution in [3.8, 4) is 11.5 Å². The highest BCUT2D eigenvalue weighted by Gasteiger charge is 2.42. The highest BCUT2D eigenvalue weighted by atomic mass is 79.9. The number of hydrogen-bond acceptors (Lipinski definition) is 4. The summed E-state index contributed by atoms with van der Waals surface area (Å²) in [6, 6.07) is 3.90. The number of fused-ring (bicyclic) bond motifs is 1. The summed E-state index contributed by atoms with van der Waals surface area (Å²) in [6.45, 7) is 1.26. The quantitative estimate of drug-likeness (QED) is 0.619. The van der Waals surface area contributed by atoms with Crippen LogP contribution in [0.5, 0.6) is 11.5 Å². The van der Waals surface area contributed by atoms with Gasteiger partial charge in [0.1, 0.15) is 5.54 Å². The molecule has 0 saturated heterocycles. The van der Waals surface area contributed by atoms with Gasteiger partial charge in [-0.3, -0.25) is 0 Å². The summed E-state index contributed by atoms with van der Waals surface area (Å²) in [7, 11) is 0. The highest BCUT2D eigenvalue weighted by molar-refractivity contribution is 9.10. The SMILES string of the molecule is O=C=NC1(c2ccc(Br)c3c2OCCCO3)CCC1. The molecular weight excluding hydrogens is 310 g/mol. The van der Waals surface area contributed by atoms with Crippen molar-refractivity contribution >= 4 is 22.0 Å². The molecule has 1 aliphatic carbocycles. The van der Waals surface area contributed by atoms with Crippen LogP contribution in [0.2, 0.25) is 0 Å². The minimum Gasteiger partial charge on any atom is -0.489 e. The Kier molecular flexibility index (Phi) is 3.33. The number of nitrogens with zero attached hydrogens (tertiary/aromatic N) is 1. The van der Waals surface area contributed by atoms with Gasteiger partial charge in [0.25, 0.3) is 0 Å². The third kappa shape index (κ3) is 2.07. The van der Waals surface area contributed by atoms with Crippen LogP contribution in [0.25, 0.3) is 0 Å². The summed E-state index contributed by atoms with van der Waals surface area (Å²) in [5.74, 6) is 1.45. The maximum absolute atomic E-state index is 10.7. The van der Waals surface area contributed by atoms with Crippen molar-refractivity contribution in [3.05, 3.63) is 22.2 Å². The van der Waals surface area contributed by atoms with E-state index >= 15 is 0 Å². The highest BCUT2D eigenvalue weighted by Crippen LogP contribution is 2.52. The van der Waals surface area contributed by atoms with Crippen LogP contribution in [0.1, 0.15) is 31.2 Å². The number of benzene rings is 1. The van der Waals surface area contributed by atoms with E-state index in [9.17, 15) is 4.79 Å². The van der Waals surface area contributed by atoms with Crippen LogP contribution in [-0.4, -0.2) is 19.3 Å². The molecule has 0 unspecified atom stereocenters. The molecule has 0 bridgehead atoms. The van der Waals surface area contributed by atoms with Crippen LogP contribution in [0.3, 0.4) is 0 Å². The Labute approximate surface area is 119 Å². The molecule has 100 valence electrons. The average Bonchev–Trinajstić information content (AvgIpc) is 2.61. The minimum absolute atomic E-state index is 0.458. The molecule has 1 fully saturated rings. The number of ether oxygens (including phenoxy) is 2. The third-order valence-corrected chi connectivity index (χ3v) is 4.41. The van der Waals surface area contributed by atoms with Gasteiger partial charge in [0.05, 0.1) is 17.7 Å². The van der Waals surface area contributed by atoms with Crippen molar-refractivity contribution in [2.75, 3.05) is 13.2 Å². The molecular formula is C14H14BrNO3. The van der Waals surface area contributed by atoms with E-state index in [-0.39, 0.29) is 0 Å². The van der Waals surface area contributed by atoms with Gasteiger partial charge in [-0.2, -0.15) is 4.99 Å². The van der Waals surface area contributed by atoms with Crippen LogP contribution in [0.15, 0.2) is 21.6 Å². The van der Waals surface area contributed by atoms with Crippen LogP contribution in [-0.2, 0) is 10.3 Å². The van der Waals surface area contributed by atoms with E-state index in [4.69, 9.17) is 9.47 Å². The number of hydrogen-bond donors (Lipinski definition) is 0. The zero-order chi connectivity index (χ0) is 13.3. The van der Waals surface area contributed by atoms with Gasteiger partial charge in [-0.25, -0.2) is 4.79 Å². The van der Waals surface area contributed by atoms with E-state index < -0.39 is 5.54 Å². The molecule has 3 rings (SSSR count). The Hall–Kier alpha value is -1.32. The van der Waals surface area contributed by atoms with Crippen molar-refractivity contribution in [1.29, 1.82) is 0 Å². The fourth-order valence-electron chi connectivity index (χ4n) is 2.63. The summed E-state index contributed by atoms with van der Waals surface area (Å²) >= 11 is 3.48. The number of rotatable bonds is 2. The molecule has 2 aliphatic rings. The fourth-order valence-corrected chi connectivity index (χ4v) is 3.06. The largest absolute Gasteiger partial charge is 0.489 e. The monoisotopic (exact) mass is 323 g/mol. The van der Waals surface area contributed by atoms with E-state index in [0.29, 0.717) is 13.2 Å². The van der Waals surface area contributed by atoms with E-state index in [1.807, 2.05) is 12.1 Å². The molecule has 5 heteroatoms. The molecule has 4 nitrogen and oxygen atoms in total. The standard InChI is InChI=1S/C14H14BrNO3/c15-11-4-3-10(14(16-9-17)5-1-6-14)12-13(11)19-8-2-7-18-12/h3-4H,1-2,5-8H2. The Balaban J connectivity index is 2.14. The van der Waals surface area contributed by atoms with Gasteiger partial charge in [0, 0.05) is 12.0 Å². The summed E-state index contributed by atoms with van der Waals surface area (Å²) in [5.41, 5.74) is 0.488. The van der Waals surface area contributed by atoms with Gasteiger partial charge in [-0.15, -0.1) is 0 Å². The van der Waals surface area contributed by atoms with Crippen molar-refractivity contribution in [1.82, 2.24) is 0 Å². The van der Waals surface area contributed by atoms with Crippen LogP contribution < -0.4 is 9.47 Å². The summed E-state index contributed by atoms with van der Waals surface area (Å²) < 4.78 is 12.5. The molecule has 1 heterocycles. The lowest BCUT2D eigenvalue weighted by molar-refractivity contribution is 0.238. The zero-order valence-electron chi connectivity index (χ0n) is 10.4. The maximum Gasteiger partial charge on any atom is 0.235 e. The first-order chi connectivity index (χ1) is 9.27. The first-order valence-corrected chi connectivity index (χ1v) is 7.24. The Morgan fingerprint density at radius 2 is 1.89 bits per heavy atom. The Morgan fingerprint density at radius 1 is 1.16 bits per heavy atom. The number of halogens is 1. The van der Waals surface area contributed by atoms with Crippen LogP contribution in [0.4, 0.5) is 0 Å². The van der Waals surface area contributed by atoms with Gasteiger partial charge in [0.2, 0.25) is 6.08 Å². The number of isocyanates is 1. The molecule has 1 aromatic carbocycles. The second-order valence-electron chi connectivity index (χ2n) is 4.89. The normalized spacial score (nSPS) is 19.8. The lowest BCUT2D eigenvalue weighted by Crippen LogP contribution is -2.32. The van der Waals surface area contributed by atoms with Gasteiger partial charge in [-0.05, 0) is 41.3 Å². The van der Waals surface area contributed by atoms with Crippen molar-refractivity contribution in [2.45, 2.75) is 31.2 Å². The fraction of sp³-hybridized carbons (Fsp3) is 0.500. The summed E-state index contributed by atoms with van der Waals surface area (Å²) in [6.07, 6.45) is 5.35. The Morgan fingerprint density at radius 3 is 2.53 bits per heavy atom. The van der Waals surface area contributed by atoms with Gasteiger partial charge in [-0.1, -0.05) is 6.07 Å².